The number of hydrogen-bond acceptors (Lipinski definition) is 5. The van der Waals surface area contributed by atoms with Gasteiger partial charge >= 0.3 is 0 Å². The van der Waals surface area contributed by atoms with Crippen LogP contribution in [0.25, 0.3) is 5.69 Å². The molecule has 5 N–H and O–H groups in total. The van der Waals surface area contributed by atoms with E-state index in [4.69, 9.17) is 11.5 Å². The lowest BCUT2D eigenvalue weighted by molar-refractivity contribution is 0.871. The van der Waals surface area contributed by atoms with E-state index in [2.05, 4.69) is 15.1 Å². The number of rotatable bonds is 3. The smallest absolute Gasteiger partial charge is 0.248 e. The van der Waals surface area contributed by atoms with E-state index in [1.807, 2.05) is 6.20 Å². The molecule has 3 aromatic heterocycles. The van der Waals surface area contributed by atoms with E-state index in [9.17, 15) is 4.79 Å². The Hall–Kier alpha value is -3.09. The van der Waals surface area contributed by atoms with E-state index < -0.39 is 0 Å². The average molecular weight is 282 g/mol. The Labute approximate surface area is 120 Å². The molecule has 21 heavy (non-hydrogen) atoms. The largest absolute Gasteiger partial charge is 0.384 e. The van der Waals surface area contributed by atoms with Gasteiger partial charge in [-0.3, -0.25) is 4.79 Å². The van der Waals surface area contributed by atoms with Crippen LogP contribution in [0.1, 0.15) is 11.1 Å². The molecule has 3 aromatic rings. The van der Waals surface area contributed by atoms with Crippen molar-refractivity contribution in [1.29, 1.82) is 0 Å². The first kappa shape index (κ1) is 12.9. The van der Waals surface area contributed by atoms with Crippen molar-refractivity contribution in [2.45, 2.75) is 6.42 Å². The number of aromatic amines is 1. The second-order valence-electron chi connectivity index (χ2n) is 4.71. The van der Waals surface area contributed by atoms with Crippen molar-refractivity contribution < 1.29 is 0 Å². The fraction of sp³-hybridized carbons (Fsp3) is 0.0714. The quantitative estimate of drug-likeness (QED) is 0.654. The summed E-state index contributed by atoms with van der Waals surface area (Å²) in [6.45, 7) is 0. The first-order valence-electron chi connectivity index (χ1n) is 6.35. The second kappa shape index (κ2) is 5.12. The summed E-state index contributed by atoms with van der Waals surface area (Å²) in [7, 11) is 0. The number of nitrogen functional groups attached to an aromatic ring is 2. The van der Waals surface area contributed by atoms with Crippen LogP contribution < -0.4 is 17.0 Å². The maximum atomic E-state index is 11.0. The van der Waals surface area contributed by atoms with E-state index in [-0.39, 0.29) is 5.56 Å². The normalized spacial score (nSPS) is 10.7. The maximum Gasteiger partial charge on any atom is 0.248 e. The molecule has 0 bridgehead atoms. The van der Waals surface area contributed by atoms with Crippen LogP contribution in [0.4, 0.5) is 11.6 Å². The van der Waals surface area contributed by atoms with Gasteiger partial charge in [0.25, 0.3) is 0 Å². The predicted octanol–water partition coefficient (Wildman–Crippen LogP) is 0.711. The molecule has 0 saturated carbocycles. The first-order valence-corrected chi connectivity index (χ1v) is 6.35. The monoisotopic (exact) mass is 282 g/mol. The van der Waals surface area contributed by atoms with Gasteiger partial charge in [0.1, 0.15) is 11.6 Å². The fourth-order valence-corrected chi connectivity index (χ4v) is 2.11. The Morgan fingerprint density at radius 1 is 1.14 bits per heavy atom. The molecule has 0 aromatic carbocycles. The van der Waals surface area contributed by atoms with Crippen LogP contribution in [-0.2, 0) is 6.42 Å². The summed E-state index contributed by atoms with van der Waals surface area (Å²) in [6, 6.07) is 6.74. The van der Waals surface area contributed by atoms with Crippen LogP contribution in [-0.4, -0.2) is 19.7 Å². The zero-order valence-electron chi connectivity index (χ0n) is 11.2. The molecular formula is C14H14N6O. The zero-order valence-corrected chi connectivity index (χ0v) is 11.2. The van der Waals surface area contributed by atoms with Crippen molar-refractivity contribution in [2.24, 2.45) is 0 Å². The van der Waals surface area contributed by atoms with Crippen molar-refractivity contribution in [2.75, 3.05) is 11.5 Å². The van der Waals surface area contributed by atoms with Crippen molar-refractivity contribution in [3.63, 3.8) is 0 Å². The van der Waals surface area contributed by atoms with E-state index in [0.717, 1.165) is 16.8 Å². The van der Waals surface area contributed by atoms with Crippen molar-refractivity contribution in [3.8, 4) is 5.69 Å². The second-order valence-corrected chi connectivity index (χ2v) is 4.71. The zero-order chi connectivity index (χ0) is 14.8. The molecule has 0 spiro atoms. The number of anilines is 2. The van der Waals surface area contributed by atoms with Gasteiger partial charge in [-0.05, 0) is 29.3 Å². The van der Waals surface area contributed by atoms with Crippen LogP contribution in [0.3, 0.4) is 0 Å². The van der Waals surface area contributed by atoms with Gasteiger partial charge in [0, 0.05) is 24.9 Å². The number of hydrogen-bond donors (Lipinski definition) is 3. The van der Waals surface area contributed by atoms with E-state index in [0.29, 0.717) is 18.1 Å². The summed E-state index contributed by atoms with van der Waals surface area (Å²) < 4.78 is 1.69. The van der Waals surface area contributed by atoms with Gasteiger partial charge in [-0.25, -0.2) is 9.67 Å². The van der Waals surface area contributed by atoms with Gasteiger partial charge in [0.15, 0.2) is 0 Å². The number of aromatic nitrogens is 4. The topological polar surface area (TPSA) is 116 Å². The molecule has 0 aliphatic rings. The molecule has 0 unspecified atom stereocenters. The molecule has 0 fully saturated rings. The summed E-state index contributed by atoms with van der Waals surface area (Å²) in [6.07, 6.45) is 5.92. The third-order valence-electron chi connectivity index (χ3n) is 3.00. The van der Waals surface area contributed by atoms with Crippen molar-refractivity contribution >= 4 is 11.6 Å². The predicted molar refractivity (Wildman–Crippen MR) is 80.1 cm³/mol. The van der Waals surface area contributed by atoms with E-state index in [1.165, 1.54) is 6.07 Å². The lowest BCUT2D eigenvalue weighted by Gasteiger charge is -2.02. The highest BCUT2D eigenvalue weighted by Crippen LogP contribution is 2.15. The SMILES string of the molecule is Nc1cc(Cc2cnn(-c3ccc(=O)[nH]c3)c2)cc(N)n1. The van der Waals surface area contributed by atoms with Gasteiger partial charge in [0.05, 0.1) is 11.9 Å². The summed E-state index contributed by atoms with van der Waals surface area (Å²) in [4.78, 5) is 17.6. The maximum absolute atomic E-state index is 11.0. The molecule has 0 atom stereocenters. The summed E-state index contributed by atoms with van der Waals surface area (Å²) in [5.74, 6) is 0.802. The summed E-state index contributed by atoms with van der Waals surface area (Å²) >= 11 is 0. The van der Waals surface area contributed by atoms with Gasteiger partial charge in [-0.15, -0.1) is 0 Å². The number of nitrogens with two attached hydrogens (primary N) is 2. The van der Waals surface area contributed by atoms with Crippen LogP contribution in [0, 0.1) is 0 Å². The van der Waals surface area contributed by atoms with Crippen LogP contribution in [0.15, 0.2) is 47.7 Å². The lowest BCUT2D eigenvalue weighted by Crippen LogP contribution is -2.04. The van der Waals surface area contributed by atoms with Gasteiger partial charge < -0.3 is 16.5 Å². The highest BCUT2D eigenvalue weighted by molar-refractivity contribution is 5.44. The van der Waals surface area contributed by atoms with Crippen molar-refractivity contribution in [3.05, 3.63) is 64.3 Å². The first-order chi connectivity index (χ1) is 10.1. The number of pyridine rings is 2. The molecule has 0 aliphatic heterocycles. The summed E-state index contributed by atoms with van der Waals surface area (Å²) in [5, 5.41) is 4.27. The molecule has 3 rings (SSSR count). The molecule has 0 saturated heterocycles. The fourth-order valence-electron chi connectivity index (χ4n) is 2.11. The Morgan fingerprint density at radius 3 is 2.57 bits per heavy atom. The average Bonchev–Trinajstić information content (AvgIpc) is 2.87. The van der Waals surface area contributed by atoms with Crippen LogP contribution in [0.5, 0.6) is 0 Å². The third kappa shape index (κ3) is 2.92. The highest BCUT2D eigenvalue weighted by Gasteiger charge is 2.04. The molecule has 7 heteroatoms. The molecule has 3 heterocycles. The minimum atomic E-state index is -0.145. The molecule has 0 radical (unpaired) electrons. The Balaban J connectivity index is 1.85. The minimum Gasteiger partial charge on any atom is -0.384 e. The molecule has 7 nitrogen and oxygen atoms in total. The Morgan fingerprint density at radius 2 is 1.90 bits per heavy atom. The van der Waals surface area contributed by atoms with Gasteiger partial charge in [-0.1, -0.05) is 0 Å². The molecule has 0 amide bonds. The van der Waals surface area contributed by atoms with Crippen LogP contribution in [0.2, 0.25) is 0 Å². The summed E-state index contributed by atoms with van der Waals surface area (Å²) in [5.41, 5.74) is 14.0. The lowest BCUT2D eigenvalue weighted by atomic mass is 10.1. The van der Waals surface area contributed by atoms with Gasteiger partial charge in [-0.2, -0.15) is 5.10 Å². The minimum absolute atomic E-state index is 0.145. The van der Waals surface area contributed by atoms with Crippen LogP contribution >= 0.6 is 0 Å². The number of H-pyrrole nitrogens is 1. The third-order valence-corrected chi connectivity index (χ3v) is 3.00. The number of nitrogens with one attached hydrogen (secondary N) is 1. The Kier molecular flexibility index (Phi) is 3.15. The van der Waals surface area contributed by atoms with Crippen molar-refractivity contribution in [1.82, 2.24) is 19.7 Å². The van der Waals surface area contributed by atoms with E-state index >= 15 is 0 Å². The number of nitrogens with zero attached hydrogens (tertiary/aromatic N) is 3. The highest BCUT2D eigenvalue weighted by atomic mass is 16.1. The van der Waals surface area contributed by atoms with Gasteiger partial charge in [0.2, 0.25) is 5.56 Å². The molecule has 106 valence electrons. The molecule has 0 aliphatic carbocycles. The molecular weight excluding hydrogens is 268 g/mol. The standard InChI is InChI=1S/C14H14N6O/c15-12-4-9(5-13(16)19-12)3-10-6-18-20(8-10)11-1-2-14(21)17-7-11/h1-2,4-8H,3H2,(H,17,21)(H4,15,16,19). The van der Waals surface area contributed by atoms with E-state index in [1.54, 1.807) is 35.3 Å². The Bertz CT molecular complexity index is 795.